The molecule has 0 amide bonds. The number of carboxylic acids is 1. The number of aliphatic carboxylic acids is 1. The van der Waals surface area contributed by atoms with Gasteiger partial charge in [0.1, 0.15) is 5.41 Å². The van der Waals surface area contributed by atoms with Crippen molar-refractivity contribution in [1.82, 2.24) is 0 Å². The second-order valence-corrected chi connectivity index (χ2v) is 5.60. The molecule has 0 spiro atoms. The number of benzene rings is 2. The van der Waals surface area contributed by atoms with E-state index in [1.165, 1.54) is 0 Å². The van der Waals surface area contributed by atoms with Gasteiger partial charge in [0.2, 0.25) is 0 Å². The molecule has 0 radical (unpaired) electrons. The molecule has 3 nitrogen and oxygen atoms in total. The summed E-state index contributed by atoms with van der Waals surface area (Å²) in [5, 5.41) is 22.2. The highest BCUT2D eigenvalue weighted by Gasteiger charge is 2.48. The summed E-state index contributed by atoms with van der Waals surface area (Å²) in [6.45, 7) is 0. The highest BCUT2D eigenvalue weighted by molar-refractivity contribution is 5.88. The van der Waals surface area contributed by atoms with Gasteiger partial charge < -0.3 is 10.2 Å². The van der Waals surface area contributed by atoms with E-state index in [1.807, 2.05) is 42.5 Å². The Balaban J connectivity index is 2.16. The van der Waals surface area contributed by atoms with Crippen LogP contribution in [0.3, 0.4) is 0 Å². The second kappa shape index (κ2) is 4.91. The minimum absolute atomic E-state index is 0.502. The Morgan fingerprint density at radius 1 is 1.10 bits per heavy atom. The Bertz CT molecular complexity index is 649. The van der Waals surface area contributed by atoms with Gasteiger partial charge in [-0.05, 0) is 35.2 Å². The third kappa shape index (κ3) is 1.90. The van der Waals surface area contributed by atoms with Gasteiger partial charge in [0.15, 0.2) is 0 Å². The molecule has 2 atom stereocenters. The number of hydrogen-bond donors (Lipinski definition) is 2. The Hall–Kier alpha value is -1.87. The number of aliphatic hydroxyl groups excluding tert-OH is 1. The number of carboxylic acid groups (broad SMARTS) is 1. The van der Waals surface area contributed by atoms with Crippen LogP contribution in [0.5, 0.6) is 0 Å². The molecule has 1 aliphatic rings. The Morgan fingerprint density at radius 3 is 2.55 bits per heavy atom. The first-order valence-corrected chi connectivity index (χ1v) is 7.05. The second-order valence-electron chi connectivity index (χ2n) is 5.60. The normalized spacial score (nSPS) is 26.6. The van der Waals surface area contributed by atoms with E-state index in [0.29, 0.717) is 12.8 Å². The molecule has 1 aliphatic carbocycles. The van der Waals surface area contributed by atoms with Gasteiger partial charge in [-0.15, -0.1) is 0 Å². The minimum Gasteiger partial charge on any atom is -0.481 e. The molecule has 1 fully saturated rings. The van der Waals surface area contributed by atoms with Crippen molar-refractivity contribution < 1.29 is 15.0 Å². The monoisotopic (exact) mass is 270 g/mol. The molecule has 0 aliphatic heterocycles. The summed E-state index contributed by atoms with van der Waals surface area (Å²) in [5.41, 5.74) is -0.432. The van der Waals surface area contributed by atoms with Crippen LogP contribution in [0.25, 0.3) is 10.8 Å². The minimum atomic E-state index is -1.15. The van der Waals surface area contributed by atoms with Crippen molar-refractivity contribution in [2.45, 2.75) is 37.2 Å². The largest absolute Gasteiger partial charge is 0.481 e. The molecule has 104 valence electrons. The zero-order chi connectivity index (χ0) is 14.2. The van der Waals surface area contributed by atoms with Crippen molar-refractivity contribution >= 4 is 16.7 Å². The molecule has 0 unspecified atom stereocenters. The number of rotatable bonds is 2. The van der Waals surface area contributed by atoms with Crippen LogP contribution in [0.1, 0.15) is 31.2 Å². The van der Waals surface area contributed by atoms with Crippen LogP contribution in [-0.2, 0) is 10.2 Å². The predicted molar refractivity (Wildman–Crippen MR) is 77.7 cm³/mol. The van der Waals surface area contributed by atoms with Crippen molar-refractivity contribution in [3.8, 4) is 0 Å². The highest BCUT2D eigenvalue weighted by atomic mass is 16.4. The van der Waals surface area contributed by atoms with Crippen LogP contribution in [0.15, 0.2) is 42.5 Å². The summed E-state index contributed by atoms with van der Waals surface area (Å²) in [6.07, 6.45) is 1.98. The number of carbonyl (C=O) groups is 1. The third-order valence-corrected chi connectivity index (χ3v) is 4.51. The maximum atomic E-state index is 11.9. The SMILES string of the molecule is O=C(O)[C@@]1(c2ccc3ccccc3c2)CCCC[C@H]1O. The Morgan fingerprint density at radius 2 is 1.85 bits per heavy atom. The van der Waals surface area contributed by atoms with Gasteiger partial charge in [-0.3, -0.25) is 4.79 Å². The summed E-state index contributed by atoms with van der Waals surface area (Å²) in [4.78, 5) is 11.9. The molecule has 2 N–H and O–H groups in total. The van der Waals surface area contributed by atoms with Crippen molar-refractivity contribution in [2.24, 2.45) is 0 Å². The number of hydrogen-bond acceptors (Lipinski definition) is 2. The van der Waals surface area contributed by atoms with Crippen molar-refractivity contribution in [3.05, 3.63) is 48.0 Å². The molecule has 20 heavy (non-hydrogen) atoms. The quantitative estimate of drug-likeness (QED) is 0.881. The van der Waals surface area contributed by atoms with Gasteiger partial charge in [0, 0.05) is 0 Å². The zero-order valence-corrected chi connectivity index (χ0v) is 11.2. The lowest BCUT2D eigenvalue weighted by molar-refractivity contribution is -0.151. The number of aliphatic hydroxyl groups is 1. The van der Waals surface area contributed by atoms with E-state index in [-0.39, 0.29) is 0 Å². The van der Waals surface area contributed by atoms with Gasteiger partial charge in [-0.2, -0.15) is 0 Å². The average Bonchev–Trinajstić information content (AvgIpc) is 2.47. The van der Waals surface area contributed by atoms with Crippen LogP contribution >= 0.6 is 0 Å². The summed E-state index contributed by atoms with van der Waals surface area (Å²) in [6, 6.07) is 13.6. The van der Waals surface area contributed by atoms with Crippen molar-refractivity contribution in [3.63, 3.8) is 0 Å². The third-order valence-electron chi connectivity index (χ3n) is 4.51. The molecular weight excluding hydrogens is 252 g/mol. The standard InChI is InChI=1S/C17H18O3/c18-15-7-3-4-10-17(15,16(19)20)14-9-8-12-5-1-2-6-13(12)11-14/h1-2,5-6,8-9,11,15,18H,3-4,7,10H2,(H,19,20)/t15-,17-/m1/s1. The lowest BCUT2D eigenvalue weighted by Crippen LogP contribution is -2.48. The van der Waals surface area contributed by atoms with Crippen LogP contribution in [0.4, 0.5) is 0 Å². The lowest BCUT2D eigenvalue weighted by atomic mass is 9.67. The summed E-state index contributed by atoms with van der Waals surface area (Å²) < 4.78 is 0. The van der Waals surface area contributed by atoms with Gasteiger partial charge in [0.05, 0.1) is 6.10 Å². The van der Waals surface area contributed by atoms with Crippen LogP contribution in [-0.4, -0.2) is 22.3 Å². The molecular formula is C17H18O3. The van der Waals surface area contributed by atoms with E-state index in [4.69, 9.17) is 0 Å². The first-order valence-electron chi connectivity index (χ1n) is 7.05. The van der Waals surface area contributed by atoms with Crippen LogP contribution < -0.4 is 0 Å². The van der Waals surface area contributed by atoms with Gasteiger partial charge in [-0.25, -0.2) is 0 Å². The first-order chi connectivity index (χ1) is 9.64. The Labute approximate surface area is 117 Å². The maximum Gasteiger partial charge on any atom is 0.316 e. The number of fused-ring (bicyclic) bond motifs is 1. The fourth-order valence-corrected chi connectivity index (χ4v) is 3.33. The Kier molecular flexibility index (Phi) is 3.22. The van der Waals surface area contributed by atoms with Crippen LogP contribution in [0.2, 0.25) is 0 Å². The summed E-state index contributed by atoms with van der Waals surface area (Å²) in [7, 11) is 0. The van der Waals surface area contributed by atoms with E-state index in [2.05, 4.69) is 0 Å². The molecule has 0 saturated heterocycles. The summed E-state index contributed by atoms with van der Waals surface area (Å²) >= 11 is 0. The zero-order valence-electron chi connectivity index (χ0n) is 11.2. The van der Waals surface area contributed by atoms with E-state index in [1.54, 1.807) is 0 Å². The van der Waals surface area contributed by atoms with Gasteiger partial charge in [-0.1, -0.05) is 49.2 Å². The summed E-state index contributed by atoms with van der Waals surface area (Å²) in [5.74, 6) is -0.917. The molecule has 3 rings (SSSR count). The average molecular weight is 270 g/mol. The first kappa shape index (κ1) is 13.1. The van der Waals surface area contributed by atoms with Gasteiger partial charge >= 0.3 is 5.97 Å². The molecule has 0 heterocycles. The van der Waals surface area contributed by atoms with Crippen molar-refractivity contribution in [1.29, 1.82) is 0 Å². The van der Waals surface area contributed by atoms with E-state index >= 15 is 0 Å². The fourth-order valence-electron chi connectivity index (χ4n) is 3.33. The van der Waals surface area contributed by atoms with E-state index < -0.39 is 17.5 Å². The van der Waals surface area contributed by atoms with Crippen molar-refractivity contribution in [2.75, 3.05) is 0 Å². The van der Waals surface area contributed by atoms with Gasteiger partial charge in [0.25, 0.3) is 0 Å². The fraction of sp³-hybridized carbons (Fsp3) is 0.353. The molecule has 0 aromatic heterocycles. The smallest absolute Gasteiger partial charge is 0.316 e. The lowest BCUT2D eigenvalue weighted by Gasteiger charge is -2.38. The molecule has 2 aromatic rings. The molecule has 2 aromatic carbocycles. The van der Waals surface area contributed by atoms with Crippen LogP contribution in [0, 0.1) is 0 Å². The van der Waals surface area contributed by atoms with E-state index in [0.717, 1.165) is 29.2 Å². The molecule has 3 heteroatoms. The van der Waals surface area contributed by atoms with E-state index in [9.17, 15) is 15.0 Å². The molecule has 1 saturated carbocycles. The maximum absolute atomic E-state index is 11.9. The predicted octanol–water partition coefficient (Wildman–Crippen LogP) is 3.10. The highest BCUT2D eigenvalue weighted by Crippen LogP contribution is 2.40. The topological polar surface area (TPSA) is 57.5 Å². The molecule has 0 bridgehead atoms.